The number of carbonyl (C=O) groups excluding carboxylic acids is 1. The molecule has 7 heteroatoms. The van der Waals surface area contributed by atoms with Gasteiger partial charge in [0.25, 0.3) is 5.91 Å². The zero-order valence-electron chi connectivity index (χ0n) is 17.1. The molecule has 1 amide bonds. The van der Waals surface area contributed by atoms with Crippen molar-refractivity contribution in [1.29, 1.82) is 0 Å². The second-order valence-electron chi connectivity index (χ2n) is 7.71. The van der Waals surface area contributed by atoms with Gasteiger partial charge in [-0.15, -0.1) is 11.3 Å². The average molecular weight is 430 g/mol. The Bertz CT molecular complexity index is 1200. The van der Waals surface area contributed by atoms with Gasteiger partial charge in [0.1, 0.15) is 17.0 Å². The average Bonchev–Trinajstić information content (AvgIpc) is 3.21. The van der Waals surface area contributed by atoms with Gasteiger partial charge in [-0.25, -0.2) is 9.97 Å². The number of anilines is 1. The van der Waals surface area contributed by atoms with Crippen LogP contribution < -0.4 is 10.6 Å². The van der Waals surface area contributed by atoms with Crippen LogP contribution in [0, 0.1) is 0 Å². The Morgan fingerprint density at radius 2 is 1.87 bits per heavy atom. The minimum absolute atomic E-state index is 0.0919. The summed E-state index contributed by atoms with van der Waals surface area (Å²) in [6.45, 7) is 1.11. The number of rotatable bonds is 6. The standard InChI is InChI=1S/C24H23N5OS/c30-23(27-14-17-4-3-11-25-12-17)18-9-7-16(8-10-18)13-26-22-21-19-5-1-2-6-20(19)31-24(21)29-15-28-22/h3-4,7-12,15H,1-2,5-6,13-14H2,(H,27,30)(H,26,28,29). The van der Waals surface area contributed by atoms with Crippen LogP contribution in [0.25, 0.3) is 10.2 Å². The van der Waals surface area contributed by atoms with E-state index in [-0.39, 0.29) is 5.91 Å². The molecule has 1 aliphatic carbocycles. The summed E-state index contributed by atoms with van der Waals surface area (Å²) in [5.74, 6) is 0.813. The van der Waals surface area contributed by atoms with Crippen molar-refractivity contribution >= 4 is 33.3 Å². The first-order valence-corrected chi connectivity index (χ1v) is 11.3. The highest BCUT2D eigenvalue weighted by molar-refractivity contribution is 7.19. The van der Waals surface area contributed by atoms with E-state index in [2.05, 4.69) is 25.6 Å². The number of fused-ring (bicyclic) bond motifs is 3. The molecule has 1 aromatic carbocycles. The first kappa shape index (κ1) is 19.6. The van der Waals surface area contributed by atoms with Crippen LogP contribution in [-0.2, 0) is 25.9 Å². The van der Waals surface area contributed by atoms with Crippen molar-refractivity contribution in [2.24, 2.45) is 0 Å². The molecule has 0 bridgehead atoms. The van der Waals surface area contributed by atoms with E-state index in [9.17, 15) is 4.79 Å². The molecule has 0 spiro atoms. The molecule has 31 heavy (non-hydrogen) atoms. The second-order valence-corrected chi connectivity index (χ2v) is 8.79. The molecule has 6 nitrogen and oxygen atoms in total. The Morgan fingerprint density at radius 3 is 2.71 bits per heavy atom. The third-order valence-electron chi connectivity index (χ3n) is 5.60. The summed E-state index contributed by atoms with van der Waals surface area (Å²) in [6, 6.07) is 11.5. The van der Waals surface area contributed by atoms with Gasteiger partial charge in [-0.05, 0) is 60.6 Å². The summed E-state index contributed by atoms with van der Waals surface area (Å²) in [6.07, 6.45) is 9.87. The quantitative estimate of drug-likeness (QED) is 0.471. The first-order chi connectivity index (χ1) is 15.3. The van der Waals surface area contributed by atoms with Crippen molar-refractivity contribution in [1.82, 2.24) is 20.3 Å². The van der Waals surface area contributed by atoms with Gasteiger partial charge in [-0.1, -0.05) is 18.2 Å². The Morgan fingerprint density at radius 1 is 1.00 bits per heavy atom. The number of nitrogens with zero attached hydrogens (tertiary/aromatic N) is 3. The van der Waals surface area contributed by atoms with Crippen LogP contribution in [0.5, 0.6) is 0 Å². The lowest BCUT2D eigenvalue weighted by Gasteiger charge is -2.12. The van der Waals surface area contributed by atoms with Gasteiger partial charge in [0, 0.05) is 35.9 Å². The van der Waals surface area contributed by atoms with Crippen LogP contribution in [0.1, 0.15) is 44.8 Å². The Labute approximate surface area is 184 Å². The predicted molar refractivity (Wildman–Crippen MR) is 123 cm³/mol. The smallest absolute Gasteiger partial charge is 0.251 e. The molecular formula is C24H23N5OS. The van der Waals surface area contributed by atoms with Gasteiger partial charge in [-0.2, -0.15) is 0 Å². The molecule has 0 fully saturated rings. The number of amides is 1. The maximum absolute atomic E-state index is 12.4. The van der Waals surface area contributed by atoms with Crippen LogP contribution in [0.15, 0.2) is 55.1 Å². The minimum Gasteiger partial charge on any atom is -0.365 e. The molecule has 1 aliphatic rings. The highest BCUT2D eigenvalue weighted by Crippen LogP contribution is 2.38. The van der Waals surface area contributed by atoms with E-state index in [4.69, 9.17) is 0 Å². The lowest BCUT2D eigenvalue weighted by atomic mass is 9.97. The van der Waals surface area contributed by atoms with Crippen molar-refractivity contribution in [3.05, 3.63) is 82.3 Å². The van der Waals surface area contributed by atoms with Crippen LogP contribution in [0.2, 0.25) is 0 Å². The van der Waals surface area contributed by atoms with Crippen LogP contribution in [-0.4, -0.2) is 20.9 Å². The largest absolute Gasteiger partial charge is 0.365 e. The van der Waals surface area contributed by atoms with Crippen molar-refractivity contribution in [2.75, 3.05) is 5.32 Å². The number of thiophene rings is 1. The number of aromatic nitrogens is 3. The van der Waals surface area contributed by atoms with Crippen molar-refractivity contribution in [3.63, 3.8) is 0 Å². The maximum Gasteiger partial charge on any atom is 0.251 e. The van der Waals surface area contributed by atoms with Gasteiger partial charge in [0.2, 0.25) is 0 Å². The number of pyridine rings is 1. The summed E-state index contributed by atoms with van der Waals surface area (Å²) in [4.78, 5) is 28.0. The zero-order chi connectivity index (χ0) is 21.0. The van der Waals surface area contributed by atoms with Gasteiger partial charge >= 0.3 is 0 Å². The monoisotopic (exact) mass is 429 g/mol. The minimum atomic E-state index is -0.0919. The van der Waals surface area contributed by atoms with Gasteiger partial charge < -0.3 is 10.6 Å². The molecule has 156 valence electrons. The van der Waals surface area contributed by atoms with E-state index >= 15 is 0 Å². The van der Waals surface area contributed by atoms with Crippen LogP contribution in [0.4, 0.5) is 5.82 Å². The van der Waals surface area contributed by atoms with E-state index in [1.54, 1.807) is 30.1 Å². The fraction of sp³-hybridized carbons (Fsp3) is 0.250. The fourth-order valence-corrected chi connectivity index (χ4v) is 5.20. The molecule has 3 aromatic heterocycles. The second kappa shape index (κ2) is 8.81. The van der Waals surface area contributed by atoms with Gasteiger partial charge in [0.15, 0.2) is 0 Å². The van der Waals surface area contributed by atoms with E-state index in [1.165, 1.54) is 28.7 Å². The van der Waals surface area contributed by atoms with E-state index in [0.29, 0.717) is 18.7 Å². The molecule has 0 aliphatic heterocycles. The molecule has 4 aromatic rings. The number of hydrogen-bond donors (Lipinski definition) is 2. The molecule has 0 saturated heterocycles. The molecule has 2 N–H and O–H groups in total. The third kappa shape index (κ3) is 4.27. The highest BCUT2D eigenvalue weighted by atomic mass is 32.1. The lowest BCUT2D eigenvalue weighted by molar-refractivity contribution is 0.0951. The molecule has 0 unspecified atom stereocenters. The zero-order valence-corrected chi connectivity index (χ0v) is 17.9. The Hall–Kier alpha value is -3.32. The molecule has 0 atom stereocenters. The van der Waals surface area contributed by atoms with Crippen LogP contribution >= 0.6 is 11.3 Å². The molecule has 0 saturated carbocycles. The van der Waals surface area contributed by atoms with E-state index in [1.807, 2.05) is 36.4 Å². The number of nitrogens with one attached hydrogen (secondary N) is 2. The normalized spacial score (nSPS) is 13.0. The summed E-state index contributed by atoms with van der Waals surface area (Å²) in [5.41, 5.74) is 4.14. The predicted octanol–water partition coefficient (Wildman–Crippen LogP) is 4.51. The maximum atomic E-state index is 12.4. The summed E-state index contributed by atoms with van der Waals surface area (Å²) >= 11 is 1.80. The number of carbonyl (C=O) groups is 1. The van der Waals surface area contributed by atoms with Crippen molar-refractivity contribution < 1.29 is 4.79 Å². The van der Waals surface area contributed by atoms with E-state index in [0.717, 1.165) is 34.6 Å². The molecule has 5 rings (SSSR count). The van der Waals surface area contributed by atoms with Gasteiger partial charge in [-0.3, -0.25) is 9.78 Å². The summed E-state index contributed by atoms with van der Waals surface area (Å²) in [7, 11) is 0. The molecule has 3 heterocycles. The molecular weight excluding hydrogens is 406 g/mol. The number of hydrogen-bond acceptors (Lipinski definition) is 6. The SMILES string of the molecule is O=C(NCc1cccnc1)c1ccc(CNc2ncnc3sc4c(c23)CCCC4)cc1. The van der Waals surface area contributed by atoms with E-state index < -0.39 is 0 Å². The third-order valence-corrected chi connectivity index (χ3v) is 6.80. The fourth-order valence-electron chi connectivity index (χ4n) is 3.97. The Kier molecular flexibility index (Phi) is 5.58. The summed E-state index contributed by atoms with van der Waals surface area (Å²) < 4.78 is 0. The number of aryl methyl sites for hydroxylation is 2. The first-order valence-electron chi connectivity index (χ1n) is 10.5. The van der Waals surface area contributed by atoms with Crippen LogP contribution in [0.3, 0.4) is 0 Å². The lowest BCUT2D eigenvalue weighted by Crippen LogP contribution is -2.22. The highest BCUT2D eigenvalue weighted by Gasteiger charge is 2.19. The Balaban J connectivity index is 1.24. The summed E-state index contributed by atoms with van der Waals surface area (Å²) in [5, 5.41) is 7.60. The number of benzene rings is 1. The van der Waals surface area contributed by atoms with Crippen molar-refractivity contribution in [2.45, 2.75) is 38.8 Å². The van der Waals surface area contributed by atoms with Gasteiger partial charge in [0.05, 0.1) is 5.39 Å². The topological polar surface area (TPSA) is 79.8 Å². The van der Waals surface area contributed by atoms with Crippen molar-refractivity contribution in [3.8, 4) is 0 Å². The molecule has 0 radical (unpaired) electrons.